The van der Waals surface area contributed by atoms with Crippen LogP contribution in [0, 0.1) is 0 Å². The van der Waals surface area contributed by atoms with Gasteiger partial charge in [-0.2, -0.15) is 0 Å². The predicted molar refractivity (Wildman–Crippen MR) is 48.1 cm³/mol. The molecule has 2 aliphatic heterocycles. The van der Waals surface area contributed by atoms with Crippen LogP contribution in [0.1, 0.15) is 13.8 Å². The number of hydrogen-bond acceptors (Lipinski definition) is 3. The topological polar surface area (TPSA) is 21.6 Å². The summed E-state index contributed by atoms with van der Waals surface area (Å²) in [6, 6.07) is 0. The number of oxime groups is 1. The van der Waals surface area contributed by atoms with Gasteiger partial charge in [0.05, 0.1) is 20.4 Å². The highest BCUT2D eigenvalue weighted by molar-refractivity contribution is 8.84. The molecule has 0 saturated carbocycles. The summed E-state index contributed by atoms with van der Waals surface area (Å²) in [6.45, 7) is 4.09. The van der Waals surface area contributed by atoms with Gasteiger partial charge in [-0.1, -0.05) is 5.16 Å². The van der Waals surface area contributed by atoms with E-state index >= 15 is 0 Å². The Labute approximate surface area is 65.9 Å². The zero-order valence-electron chi connectivity index (χ0n) is 5.75. The average molecular weight is 173 g/mol. The summed E-state index contributed by atoms with van der Waals surface area (Å²) in [5.74, 6) is 0. The van der Waals surface area contributed by atoms with Crippen LogP contribution < -0.4 is 0 Å². The van der Waals surface area contributed by atoms with Crippen molar-refractivity contribution in [2.24, 2.45) is 5.16 Å². The zero-order valence-corrected chi connectivity index (χ0v) is 7.38. The van der Waals surface area contributed by atoms with Gasteiger partial charge in [-0.05, 0) is 35.6 Å². The van der Waals surface area contributed by atoms with E-state index in [1.165, 1.54) is 10.4 Å². The molecule has 0 N–H and O–H groups in total. The molecule has 0 bridgehead atoms. The van der Waals surface area contributed by atoms with Crippen LogP contribution >= 0.6 is 20.6 Å². The van der Waals surface area contributed by atoms with E-state index in [-0.39, 0.29) is 9.80 Å². The molecule has 2 heterocycles. The highest BCUT2D eigenvalue weighted by atomic mass is 33.1. The molecule has 0 aromatic carbocycles. The van der Waals surface area contributed by atoms with Crippen molar-refractivity contribution >= 4 is 31.2 Å². The van der Waals surface area contributed by atoms with Gasteiger partial charge in [0.2, 0.25) is 0 Å². The summed E-state index contributed by atoms with van der Waals surface area (Å²) in [4.78, 5) is 1.30. The second kappa shape index (κ2) is 2.13. The lowest BCUT2D eigenvalue weighted by atomic mass is 10.2. The second-order valence-electron chi connectivity index (χ2n) is 2.21. The number of nitrogens with zero attached hydrogens (tertiary/aromatic N) is 1. The van der Waals surface area contributed by atoms with Gasteiger partial charge in [0, 0.05) is 0 Å². The minimum absolute atomic E-state index is 0.0910. The van der Waals surface area contributed by atoms with Gasteiger partial charge in [0.1, 0.15) is 0 Å². The molecule has 0 aromatic heterocycles. The summed E-state index contributed by atoms with van der Waals surface area (Å²) in [7, 11) is 1.63. The highest BCUT2D eigenvalue weighted by Gasteiger charge is 2.23. The van der Waals surface area contributed by atoms with Crippen LogP contribution in [0.5, 0.6) is 0 Å². The monoisotopic (exact) mass is 173 g/mol. The SMILES string of the molecule is CC1=CSS2=C1C(C)=NO2. The Balaban J connectivity index is 2.46. The molecule has 1 atom stereocenters. The van der Waals surface area contributed by atoms with Crippen LogP contribution in [0.25, 0.3) is 0 Å². The van der Waals surface area contributed by atoms with Crippen LogP contribution in [0.4, 0.5) is 0 Å². The molecule has 0 aromatic rings. The fraction of sp³-hybridized carbons (Fsp3) is 0.333. The van der Waals surface area contributed by atoms with Crippen molar-refractivity contribution in [2.75, 3.05) is 0 Å². The third kappa shape index (κ3) is 0.754. The Hall–Kier alpha value is -0.220. The van der Waals surface area contributed by atoms with Crippen molar-refractivity contribution in [3.05, 3.63) is 11.0 Å². The Bertz CT molecular complexity index is 251. The number of allylic oxidation sites excluding steroid dienone is 1. The largest absolute Gasteiger partial charge is 0.319 e. The first-order valence-electron chi connectivity index (χ1n) is 2.97. The van der Waals surface area contributed by atoms with Crippen molar-refractivity contribution < 1.29 is 4.28 Å². The first kappa shape index (κ1) is 6.49. The fourth-order valence-corrected chi connectivity index (χ4v) is 4.29. The normalized spacial score (nSPS) is 29.4. The molecule has 0 spiro atoms. The van der Waals surface area contributed by atoms with Gasteiger partial charge in [-0.25, -0.2) is 0 Å². The van der Waals surface area contributed by atoms with Gasteiger partial charge in [-0.3, -0.25) is 0 Å². The summed E-state index contributed by atoms with van der Waals surface area (Å²) >= 11 is 0. The van der Waals surface area contributed by atoms with Gasteiger partial charge >= 0.3 is 0 Å². The predicted octanol–water partition coefficient (Wildman–Crippen LogP) is 2.31. The van der Waals surface area contributed by atoms with E-state index in [4.69, 9.17) is 4.28 Å². The molecular formula is C6H7NOS2. The standard InChI is InChI=1S/C6H7NOS2/c1-4-3-9-10-6(4)5(2)7-8-10/h3H,1-2H3. The van der Waals surface area contributed by atoms with E-state index in [0.717, 1.165) is 5.71 Å². The fourth-order valence-electron chi connectivity index (χ4n) is 0.941. The summed E-state index contributed by atoms with van der Waals surface area (Å²) in [5, 5.41) is 6.04. The lowest BCUT2D eigenvalue weighted by Gasteiger charge is -1.92. The molecule has 54 valence electrons. The highest BCUT2D eigenvalue weighted by Crippen LogP contribution is 2.45. The molecule has 0 saturated heterocycles. The molecule has 2 nitrogen and oxygen atoms in total. The Kier molecular flexibility index (Phi) is 1.38. The summed E-state index contributed by atoms with van der Waals surface area (Å²) in [5.41, 5.74) is 2.36. The molecule has 4 heteroatoms. The molecule has 1 unspecified atom stereocenters. The average Bonchev–Trinajstić information content (AvgIpc) is 2.40. The van der Waals surface area contributed by atoms with Crippen molar-refractivity contribution in [3.8, 4) is 0 Å². The molecule has 2 aliphatic rings. The van der Waals surface area contributed by atoms with Crippen LogP contribution in [0.15, 0.2) is 16.1 Å². The van der Waals surface area contributed by atoms with Crippen LogP contribution in [-0.4, -0.2) is 10.6 Å². The lowest BCUT2D eigenvalue weighted by molar-refractivity contribution is 0.414. The lowest BCUT2D eigenvalue weighted by Crippen LogP contribution is -2.04. The molecule has 2 rings (SSSR count). The summed E-state index contributed by atoms with van der Waals surface area (Å²) < 4.78 is 5.15. The van der Waals surface area contributed by atoms with E-state index in [2.05, 4.69) is 17.5 Å². The van der Waals surface area contributed by atoms with E-state index < -0.39 is 0 Å². The van der Waals surface area contributed by atoms with Gasteiger partial charge < -0.3 is 4.28 Å². The maximum atomic E-state index is 5.15. The van der Waals surface area contributed by atoms with Gasteiger partial charge in [0.25, 0.3) is 0 Å². The Morgan fingerprint density at radius 1 is 1.60 bits per heavy atom. The Morgan fingerprint density at radius 3 is 3.10 bits per heavy atom. The second-order valence-corrected chi connectivity index (χ2v) is 5.15. The van der Waals surface area contributed by atoms with E-state index in [1.807, 2.05) is 6.92 Å². The third-order valence-electron chi connectivity index (χ3n) is 1.41. The minimum atomic E-state index is -0.0910. The number of rotatable bonds is 0. The first-order valence-corrected chi connectivity index (χ1v) is 5.51. The van der Waals surface area contributed by atoms with Crippen LogP contribution in [0.3, 0.4) is 0 Å². The van der Waals surface area contributed by atoms with Crippen LogP contribution in [-0.2, 0) is 4.28 Å². The third-order valence-corrected chi connectivity index (χ3v) is 4.69. The van der Waals surface area contributed by atoms with Crippen molar-refractivity contribution in [1.29, 1.82) is 0 Å². The number of hydrogen-bond donors (Lipinski definition) is 0. The molecule has 0 amide bonds. The van der Waals surface area contributed by atoms with E-state index in [9.17, 15) is 0 Å². The van der Waals surface area contributed by atoms with Crippen molar-refractivity contribution in [1.82, 2.24) is 0 Å². The van der Waals surface area contributed by atoms with E-state index in [0.29, 0.717) is 0 Å². The summed E-state index contributed by atoms with van der Waals surface area (Å²) in [6.07, 6.45) is 0. The maximum Gasteiger partial charge on any atom is 0.0980 e. The molecule has 0 fully saturated rings. The maximum absolute atomic E-state index is 5.15. The minimum Gasteiger partial charge on any atom is -0.319 e. The smallest absolute Gasteiger partial charge is 0.0980 e. The zero-order chi connectivity index (χ0) is 7.14. The molecule has 0 radical (unpaired) electrons. The Morgan fingerprint density at radius 2 is 2.40 bits per heavy atom. The van der Waals surface area contributed by atoms with Crippen molar-refractivity contribution in [2.45, 2.75) is 13.8 Å². The molecule has 0 aliphatic carbocycles. The van der Waals surface area contributed by atoms with Gasteiger partial charge in [0.15, 0.2) is 0 Å². The van der Waals surface area contributed by atoms with E-state index in [1.54, 1.807) is 10.8 Å². The van der Waals surface area contributed by atoms with Gasteiger partial charge in [-0.15, -0.1) is 0 Å². The molecular weight excluding hydrogens is 166 g/mol. The quantitative estimate of drug-likeness (QED) is 0.414. The van der Waals surface area contributed by atoms with Crippen LogP contribution in [0.2, 0.25) is 0 Å². The molecule has 10 heavy (non-hydrogen) atoms. The van der Waals surface area contributed by atoms with Crippen molar-refractivity contribution in [3.63, 3.8) is 0 Å². The first-order chi connectivity index (χ1) is 4.79.